The highest BCUT2D eigenvalue weighted by Gasteiger charge is 2.19. The van der Waals surface area contributed by atoms with Crippen LogP contribution in [0.2, 0.25) is 0 Å². The lowest BCUT2D eigenvalue weighted by Crippen LogP contribution is -1.99. The van der Waals surface area contributed by atoms with Crippen molar-refractivity contribution < 1.29 is 9.47 Å². The van der Waals surface area contributed by atoms with Gasteiger partial charge in [0.1, 0.15) is 5.75 Å². The minimum Gasteiger partial charge on any atom is -0.494 e. The van der Waals surface area contributed by atoms with Crippen molar-refractivity contribution in [2.45, 2.75) is 110 Å². The summed E-state index contributed by atoms with van der Waals surface area (Å²) >= 11 is 0. The molecular weight excluding hydrogens is 420 g/mol. The molecule has 3 rings (SSSR count). The lowest BCUT2D eigenvalue weighted by molar-refractivity contribution is 0.302. The molecule has 188 valence electrons. The third-order valence-corrected chi connectivity index (χ3v) is 6.73. The highest BCUT2D eigenvalue weighted by Crippen LogP contribution is 2.34. The fraction of sp³-hybridized carbons (Fsp3) is 0.667. The Labute approximate surface area is 207 Å². The van der Waals surface area contributed by atoms with Crippen molar-refractivity contribution in [2.75, 3.05) is 13.2 Å². The number of ether oxygens (including phenoxy) is 2. The van der Waals surface area contributed by atoms with Gasteiger partial charge < -0.3 is 9.47 Å². The van der Waals surface area contributed by atoms with Gasteiger partial charge in [0.15, 0.2) is 11.6 Å². The second-order valence-electron chi connectivity index (χ2n) is 9.94. The van der Waals surface area contributed by atoms with E-state index in [0.717, 1.165) is 54.9 Å². The van der Waals surface area contributed by atoms with Gasteiger partial charge >= 0.3 is 0 Å². The van der Waals surface area contributed by atoms with Gasteiger partial charge in [-0.15, -0.1) is 0 Å². The minimum atomic E-state index is 0.720. The molecule has 0 aliphatic heterocycles. The largest absolute Gasteiger partial charge is 0.494 e. The summed E-state index contributed by atoms with van der Waals surface area (Å²) in [5.74, 6) is 3.45. The Hall–Kier alpha value is -2.10. The molecule has 34 heavy (non-hydrogen) atoms. The van der Waals surface area contributed by atoms with Crippen molar-refractivity contribution in [2.24, 2.45) is 5.92 Å². The maximum absolute atomic E-state index is 5.91. The van der Waals surface area contributed by atoms with Gasteiger partial charge in [-0.3, -0.25) is 0 Å². The molecule has 0 amide bonds. The Morgan fingerprint density at radius 1 is 0.647 bits per heavy atom. The summed E-state index contributed by atoms with van der Waals surface area (Å²) in [6, 6.07) is 8.09. The van der Waals surface area contributed by atoms with Crippen molar-refractivity contribution >= 4 is 0 Å². The van der Waals surface area contributed by atoms with Gasteiger partial charge in [0, 0.05) is 5.56 Å². The molecule has 0 bridgehead atoms. The van der Waals surface area contributed by atoms with E-state index in [4.69, 9.17) is 9.47 Å². The van der Waals surface area contributed by atoms with E-state index in [1.165, 1.54) is 89.9 Å². The van der Waals surface area contributed by atoms with E-state index in [1.807, 2.05) is 24.3 Å². The molecule has 0 radical (unpaired) electrons. The number of hydrogen-bond acceptors (Lipinski definition) is 4. The first kappa shape index (κ1) is 26.5. The molecule has 1 aromatic heterocycles. The molecular formula is C30H46N2O2. The Kier molecular flexibility index (Phi) is 12.9. The first-order chi connectivity index (χ1) is 16.8. The monoisotopic (exact) mass is 466 g/mol. The van der Waals surface area contributed by atoms with Crippen LogP contribution >= 0.6 is 0 Å². The number of hydrogen-bond donors (Lipinski definition) is 0. The second-order valence-corrected chi connectivity index (χ2v) is 9.94. The van der Waals surface area contributed by atoms with Gasteiger partial charge in [0.25, 0.3) is 0 Å². The maximum atomic E-state index is 5.91. The van der Waals surface area contributed by atoms with Crippen LogP contribution in [0.1, 0.15) is 110 Å². The summed E-state index contributed by atoms with van der Waals surface area (Å²) in [6.45, 7) is 3.81. The molecule has 2 aromatic rings. The van der Waals surface area contributed by atoms with Crippen LogP contribution in [0, 0.1) is 5.92 Å². The predicted octanol–water partition coefficient (Wildman–Crippen LogP) is 8.79. The van der Waals surface area contributed by atoms with Crippen LogP contribution in [0.5, 0.6) is 11.5 Å². The zero-order valence-corrected chi connectivity index (χ0v) is 21.5. The van der Waals surface area contributed by atoms with Crippen molar-refractivity contribution in [1.82, 2.24) is 9.97 Å². The molecule has 0 saturated heterocycles. The fourth-order valence-electron chi connectivity index (χ4n) is 4.33. The molecule has 0 atom stereocenters. The van der Waals surface area contributed by atoms with Crippen molar-refractivity contribution in [1.29, 1.82) is 0 Å². The molecule has 4 nitrogen and oxygen atoms in total. The van der Waals surface area contributed by atoms with Crippen LogP contribution in [0.4, 0.5) is 0 Å². The summed E-state index contributed by atoms with van der Waals surface area (Å²) in [5.41, 5.74) is 0.998. The van der Waals surface area contributed by atoms with E-state index in [-0.39, 0.29) is 0 Å². The lowest BCUT2D eigenvalue weighted by Gasteiger charge is -2.08. The first-order valence-electron chi connectivity index (χ1n) is 14.0. The van der Waals surface area contributed by atoms with Gasteiger partial charge in [-0.1, -0.05) is 96.8 Å². The smallest absolute Gasteiger partial charge is 0.159 e. The second kappa shape index (κ2) is 16.5. The Morgan fingerprint density at radius 2 is 1.18 bits per heavy atom. The summed E-state index contributed by atoms with van der Waals surface area (Å²) in [4.78, 5) is 8.97. The van der Waals surface area contributed by atoms with Crippen molar-refractivity contribution in [3.8, 4) is 22.9 Å². The summed E-state index contributed by atoms with van der Waals surface area (Å²) in [7, 11) is 0. The zero-order valence-electron chi connectivity index (χ0n) is 21.5. The van der Waals surface area contributed by atoms with E-state index in [2.05, 4.69) is 16.9 Å². The average Bonchev–Trinajstić information content (AvgIpc) is 3.70. The minimum absolute atomic E-state index is 0.720. The van der Waals surface area contributed by atoms with Crippen molar-refractivity contribution in [3.05, 3.63) is 36.7 Å². The van der Waals surface area contributed by atoms with Gasteiger partial charge in [-0.05, 0) is 43.0 Å². The van der Waals surface area contributed by atoms with Gasteiger partial charge in [0.2, 0.25) is 0 Å². The molecule has 1 aliphatic carbocycles. The molecule has 0 N–H and O–H groups in total. The first-order valence-corrected chi connectivity index (χ1v) is 14.0. The van der Waals surface area contributed by atoms with Crippen LogP contribution in [0.15, 0.2) is 36.7 Å². The number of aromatic nitrogens is 2. The van der Waals surface area contributed by atoms with Gasteiger partial charge in [0.05, 0.1) is 25.6 Å². The lowest BCUT2D eigenvalue weighted by atomic mass is 10.1. The van der Waals surface area contributed by atoms with Crippen LogP contribution in [0.25, 0.3) is 11.4 Å². The molecule has 0 unspecified atom stereocenters. The molecule has 4 heteroatoms. The zero-order chi connectivity index (χ0) is 23.7. The molecule has 1 saturated carbocycles. The number of rotatable bonds is 20. The van der Waals surface area contributed by atoms with E-state index in [9.17, 15) is 0 Å². The molecule has 1 fully saturated rings. The van der Waals surface area contributed by atoms with E-state index in [1.54, 1.807) is 12.4 Å². The summed E-state index contributed by atoms with van der Waals surface area (Å²) < 4.78 is 11.7. The van der Waals surface area contributed by atoms with E-state index < -0.39 is 0 Å². The predicted molar refractivity (Wildman–Crippen MR) is 141 cm³/mol. The average molecular weight is 467 g/mol. The molecule has 1 aromatic carbocycles. The highest BCUT2D eigenvalue weighted by molar-refractivity contribution is 5.56. The fourth-order valence-corrected chi connectivity index (χ4v) is 4.33. The Morgan fingerprint density at radius 3 is 1.76 bits per heavy atom. The summed E-state index contributed by atoms with van der Waals surface area (Å²) in [5, 5.41) is 0. The van der Waals surface area contributed by atoms with Crippen LogP contribution < -0.4 is 9.47 Å². The van der Waals surface area contributed by atoms with Crippen LogP contribution in [0.3, 0.4) is 0 Å². The molecule has 0 spiro atoms. The quantitative estimate of drug-likeness (QED) is 0.183. The Bertz CT molecular complexity index is 756. The third-order valence-electron chi connectivity index (χ3n) is 6.73. The standard InChI is InChI=1S/C30H46N2O2/c1-2-3-4-5-6-7-8-10-13-22-33-28-20-18-27(19-21-28)30-31-24-29(25-32-30)34-23-14-11-9-12-15-26-16-17-26/h18-21,24-26H,2-17,22-23H2,1H3. The number of unbranched alkanes of at least 4 members (excludes halogenated alkanes) is 11. The topological polar surface area (TPSA) is 44.2 Å². The van der Waals surface area contributed by atoms with E-state index >= 15 is 0 Å². The number of benzene rings is 1. The van der Waals surface area contributed by atoms with Gasteiger partial charge in [-0.25, -0.2) is 9.97 Å². The van der Waals surface area contributed by atoms with Gasteiger partial charge in [-0.2, -0.15) is 0 Å². The Balaban J connectivity index is 1.23. The number of nitrogens with zero attached hydrogens (tertiary/aromatic N) is 2. The maximum Gasteiger partial charge on any atom is 0.159 e. The SMILES string of the molecule is CCCCCCCCCCCOc1ccc(-c2ncc(OCCCCCCC3CC3)cn2)cc1. The highest BCUT2D eigenvalue weighted by atomic mass is 16.5. The van der Waals surface area contributed by atoms with Crippen LogP contribution in [-0.2, 0) is 0 Å². The summed E-state index contributed by atoms with van der Waals surface area (Å²) in [6.07, 6.45) is 25.0. The third kappa shape index (κ3) is 11.4. The molecule has 1 aliphatic rings. The molecule has 1 heterocycles. The normalized spacial score (nSPS) is 13.2. The van der Waals surface area contributed by atoms with Crippen LogP contribution in [-0.4, -0.2) is 23.2 Å². The van der Waals surface area contributed by atoms with E-state index in [0.29, 0.717) is 0 Å². The van der Waals surface area contributed by atoms with Crippen molar-refractivity contribution in [3.63, 3.8) is 0 Å².